The van der Waals surface area contributed by atoms with Gasteiger partial charge in [0, 0.05) is 12.1 Å². The van der Waals surface area contributed by atoms with E-state index in [1.807, 2.05) is 0 Å². The molecule has 1 saturated heterocycles. The molecule has 2 atom stereocenters. The van der Waals surface area contributed by atoms with Gasteiger partial charge in [0.25, 0.3) is 0 Å². The standard InChI is InChI=1S/C14H18N4O3/c15-13(20)17-8-4-3-7-11(17)18-12(19)9-5-1-2-6-10(9)16-14(18)21/h1-2,5-6,11-12,19H,3-4,7-8H2,(H2,15,20)(H,16,21). The molecule has 4 N–H and O–H groups in total. The molecule has 0 aliphatic carbocycles. The second kappa shape index (κ2) is 5.25. The zero-order valence-electron chi connectivity index (χ0n) is 11.5. The maximum atomic E-state index is 12.3. The van der Waals surface area contributed by atoms with Gasteiger partial charge in [0.15, 0.2) is 6.23 Å². The number of hydrogen-bond acceptors (Lipinski definition) is 3. The molecule has 1 aromatic rings. The van der Waals surface area contributed by atoms with E-state index in [0.717, 1.165) is 12.8 Å². The molecule has 21 heavy (non-hydrogen) atoms. The lowest BCUT2D eigenvalue weighted by Gasteiger charge is -2.45. The normalized spacial score (nSPS) is 25.3. The number of aliphatic hydroxyl groups excluding tert-OH is 1. The van der Waals surface area contributed by atoms with Crippen LogP contribution >= 0.6 is 0 Å². The van der Waals surface area contributed by atoms with Gasteiger partial charge in [-0.25, -0.2) is 9.59 Å². The highest BCUT2D eigenvalue weighted by Gasteiger charge is 2.40. The Labute approximate surface area is 122 Å². The van der Waals surface area contributed by atoms with Gasteiger partial charge in [0.2, 0.25) is 0 Å². The molecule has 7 nitrogen and oxygen atoms in total. The number of carbonyl (C=O) groups excluding carboxylic acids is 2. The van der Waals surface area contributed by atoms with Crippen molar-refractivity contribution < 1.29 is 14.7 Å². The average molecular weight is 290 g/mol. The third-order valence-corrected chi connectivity index (χ3v) is 4.05. The lowest BCUT2D eigenvalue weighted by molar-refractivity contribution is -0.0442. The molecule has 0 bridgehead atoms. The minimum Gasteiger partial charge on any atom is -0.369 e. The van der Waals surface area contributed by atoms with Gasteiger partial charge in [-0.05, 0) is 25.3 Å². The average Bonchev–Trinajstić information content (AvgIpc) is 2.47. The first-order valence-corrected chi connectivity index (χ1v) is 7.02. The molecule has 2 unspecified atom stereocenters. The Morgan fingerprint density at radius 3 is 2.86 bits per heavy atom. The van der Waals surface area contributed by atoms with E-state index in [1.165, 1.54) is 9.80 Å². The maximum Gasteiger partial charge on any atom is 0.325 e. The van der Waals surface area contributed by atoms with E-state index in [0.29, 0.717) is 24.2 Å². The Bertz CT molecular complexity index is 577. The number of likely N-dealkylation sites (tertiary alicyclic amines) is 1. The van der Waals surface area contributed by atoms with Crippen LogP contribution in [-0.4, -0.2) is 39.7 Å². The predicted octanol–water partition coefficient (Wildman–Crippen LogP) is 1.42. The van der Waals surface area contributed by atoms with Crippen molar-refractivity contribution in [1.82, 2.24) is 9.80 Å². The fraction of sp³-hybridized carbons (Fsp3) is 0.429. The smallest absolute Gasteiger partial charge is 0.325 e. The van der Waals surface area contributed by atoms with E-state index in [4.69, 9.17) is 5.73 Å². The zero-order chi connectivity index (χ0) is 15.0. The van der Waals surface area contributed by atoms with Crippen molar-refractivity contribution >= 4 is 17.7 Å². The first-order valence-electron chi connectivity index (χ1n) is 7.02. The number of rotatable bonds is 1. The van der Waals surface area contributed by atoms with Crippen LogP contribution in [-0.2, 0) is 0 Å². The molecular weight excluding hydrogens is 272 g/mol. The molecule has 0 spiro atoms. The predicted molar refractivity (Wildman–Crippen MR) is 76.2 cm³/mol. The highest BCUT2D eigenvalue weighted by molar-refractivity contribution is 5.93. The molecule has 3 rings (SSSR count). The number of nitrogens with two attached hydrogens (primary N) is 1. The summed E-state index contributed by atoms with van der Waals surface area (Å²) in [5.41, 5.74) is 6.60. The molecule has 2 aliphatic rings. The van der Waals surface area contributed by atoms with Gasteiger partial charge in [-0.15, -0.1) is 0 Å². The highest BCUT2D eigenvalue weighted by Crippen LogP contribution is 2.35. The molecule has 0 radical (unpaired) electrons. The van der Waals surface area contributed by atoms with Crippen LogP contribution in [0.15, 0.2) is 24.3 Å². The first-order chi connectivity index (χ1) is 10.1. The van der Waals surface area contributed by atoms with Crippen LogP contribution in [0.1, 0.15) is 31.1 Å². The number of hydrogen-bond donors (Lipinski definition) is 3. The fourth-order valence-electron chi connectivity index (χ4n) is 3.04. The van der Waals surface area contributed by atoms with Crippen LogP contribution < -0.4 is 11.1 Å². The Morgan fingerprint density at radius 1 is 1.33 bits per heavy atom. The van der Waals surface area contributed by atoms with Crippen LogP contribution in [0.25, 0.3) is 0 Å². The second-order valence-electron chi connectivity index (χ2n) is 5.31. The summed E-state index contributed by atoms with van der Waals surface area (Å²) in [5.74, 6) is 0. The van der Waals surface area contributed by atoms with Crippen molar-refractivity contribution in [2.75, 3.05) is 11.9 Å². The molecule has 2 aliphatic heterocycles. The van der Waals surface area contributed by atoms with Gasteiger partial charge in [-0.2, -0.15) is 0 Å². The summed E-state index contributed by atoms with van der Waals surface area (Å²) >= 11 is 0. The van der Waals surface area contributed by atoms with Gasteiger partial charge < -0.3 is 21.1 Å². The van der Waals surface area contributed by atoms with Crippen LogP contribution in [0.3, 0.4) is 0 Å². The van der Waals surface area contributed by atoms with Crippen molar-refractivity contribution in [2.24, 2.45) is 5.73 Å². The van der Waals surface area contributed by atoms with Crippen molar-refractivity contribution in [3.8, 4) is 0 Å². The minimum absolute atomic E-state index is 0.417. The Balaban J connectivity index is 1.94. The van der Waals surface area contributed by atoms with Crippen molar-refractivity contribution in [2.45, 2.75) is 31.7 Å². The monoisotopic (exact) mass is 290 g/mol. The highest BCUT2D eigenvalue weighted by atomic mass is 16.3. The van der Waals surface area contributed by atoms with Gasteiger partial charge in [-0.3, -0.25) is 4.90 Å². The van der Waals surface area contributed by atoms with Gasteiger partial charge >= 0.3 is 12.1 Å². The van der Waals surface area contributed by atoms with Crippen molar-refractivity contribution in [1.29, 1.82) is 0 Å². The van der Waals surface area contributed by atoms with E-state index in [1.54, 1.807) is 24.3 Å². The number of benzene rings is 1. The van der Waals surface area contributed by atoms with Crippen LogP contribution in [0, 0.1) is 0 Å². The summed E-state index contributed by atoms with van der Waals surface area (Å²) in [6.45, 7) is 0.498. The number of urea groups is 2. The van der Waals surface area contributed by atoms with E-state index < -0.39 is 24.5 Å². The number of aliphatic hydroxyl groups is 1. The van der Waals surface area contributed by atoms with Crippen LogP contribution in [0.4, 0.5) is 15.3 Å². The van der Waals surface area contributed by atoms with Crippen LogP contribution in [0.2, 0.25) is 0 Å². The largest absolute Gasteiger partial charge is 0.369 e. The summed E-state index contributed by atoms with van der Waals surface area (Å²) in [6.07, 6.45) is 0.739. The number of carbonyl (C=O) groups is 2. The minimum atomic E-state index is -1.08. The molecule has 0 aromatic heterocycles. The number of nitrogens with zero attached hydrogens (tertiary/aromatic N) is 2. The van der Waals surface area contributed by atoms with Crippen molar-refractivity contribution in [3.63, 3.8) is 0 Å². The van der Waals surface area contributed by atoms with E-state index >= 15 is 0 Å². The lowest BCUT2D eigenvalue weighted by Crippen LogP contribution is -2.59. The second-order valence-corrected chi connectivity index (χ2v) is 5.31. The molecule has 1 fully saturated rings. The number of piperidine rings is 1. The topological polar surface area (TPSA) is 98.9 Å². The third-order valence-electron chi connectivity index (χ3n) is 4.05. The van der Waals surface area contributed by atoms with Gasteiger partial charge in [-0.1, -0.05) is 18.2 Å². The molecular formula is C14H18N4O3. The number of amides is 4. The van der Waals surface area contributed by atoms with E-state index in [9.17, 15) is 14.7 Å². The Kier molecular flexibility index (Phi) is 3.42. The number of anilines is 1. The Hall–Kier alpha value is -2.28. The summed E-state index contributed by atoms with van der Waals surface area (Å²) in [6, 6.07) is 6.09. The summed E-state index contributed by atoms with van der Waals surface area (Å²) in [5, 5.41) is 13.3. The quantitative estimate of drug-likeness (QED) is 0.729. The van der Waals surface area contributed by atoms with Gasteiger partial charge in [0.05, 0.1) is 5.69 Å². The number of nitrogens with one attached hydrogen (secondary N) is 1. The van der Waals surface area contributed by atoms with Crippen molar-refractivity contribution in [3.05, 3.63) is 29.8 Å². The molecule has 4 amide bonds. The Morgan fingerprint density at radius 2 is 2.10 bits per heavy atom. The molecule has 112 valence electrons. The zero-order valence-corrected chi connectivity index (χ0v) is 11.5. The summed E-state index contributed by atoms with van der Waals surface area (Å²) in [7, 11) is 0. The number of para-hydroxylation sites is 1. The fourth-order valence-corrected chi connectivity index (χ4v) is 3.04. The first kappa shape index (κ1) is 13.7. The van der Waals surface area contributed by atoms with Gasteiger partial charge in [0.1, 0.15) is 6.17 Å². The molecule has 7 heteroatoms. The maximum absolute atomic E-state index is 12.3. The molecule has 1 aromatic carbocycles. The molecule has 2 heterocycles. The summed E-state index contributed by atoms with van der Waals surface area (Å²) < 4.78 is 0. The SMILES string of the molecule is NC(=O)N1CCCCC1N1C(=O)Nc2ccccc2C1O. The van der Waals surface area contributed by atoms with E-state index in [2.05, 4.69) is 5.32 Å². The number of fused-ring (bicyclic) bond motifs is 1. The molecule has 0 saturated carbocycles. The number of primary amides is 1. The lowest BCUT2D eigenvalue weighted by atomic mass is 10.0. The third kappa shape index (κ3) is 2.29. The summed E-state index contributed by atoms with van der Waals surface area (Å²) in [4.78, 5) is 26.6. The van der Waals surface area contributed by atoms with E-state index in [-0.39, 0.29) is 0 Å². The van der Waals surface area contributed by atoms with Crippen LogP contribution in [0.5, 0.6) is 0 Å².